The van der Waals surface area contributed by atoms with Crippen LogP contribution in [0.5, 0.6) is 0 Å². The number of aliphatic hydroxyl groups excluding tert-OH is 1. The predicted molar refractivity (Wildman–Crippen MR) is 445 cm³/mol. The monoisotopic (exact) mass is 1550 g/mol. The Labute approximate surface area is 655 Å². The predicted octanol–water partition coefficient (Wildman–Crippen LogP) is 24.8. The van der Waals surface area contributed by atoms with Crippen molar-refractivity contribution in [2.75, 3.05) is 39.6 Å². The molecule has 3 N–H and O–H groups in total. The average molecular weight is 1550 g/mol. The Morgan fingerprint density at radius 3 is 0.833 bits per heavy atom. The molecule has 0 aliphatic heterocycles. The van der Waals surface area contributed by atoms with Crippen LogP contribution in [0.15, 0.2) is 158 Å². The minimum atomic E-state index is -5.01. The maximum Gasteiger partial charge on any atom is 0.472 e. The van der Waals surface area contributed by atoms with E-state index in [1.807, 2.05) is 18.2 Å². The van der Waals surface area contributed by atoms with E-state index in [9.17, 15) is 43.2 Å². The van der Waals surface area contributed by atoms with E-state index >= 15 is 0 Å². The number of unbranched alkanes of at least 4 members (excludes halogenated alkanes) is 25. The van der Waals surface area contributed by atoms with Crippen LogP contribution in [0.3, 0.4) is 0 Å². The molecule has 2 unspecified atom stereocenters. The lowest BCUT2D eigenvalue weighted by Gasteiger charge is -2.21. The first-order chi connectivity index (χ1) is 52.7. The molecule has 0 heterocycles. The van der Waals surface area contributed by atoms with E-state index in [0.717, 1.165) is 161 Å². The second-order valence-electron chi connectivity index (χ2n) is 27.3. The number of carbonyl (C=O) groups is 4. The summed E-state index contributed by atoms with van der Waals surface area (Å²) in [6, 6.07) is 0. The molecule has 19 heteroatoms. The molecule has 0 aromatic heterocycles. The lowest BCUT2D eigenvalue weighted by molar-refractivity contribution is -0.161. The molecule has 17 nitrogen and oxygen atoms in total. The largest absolute Gasteiger partial charge is 0.472 e. The van der Waals surface area contributed by atoms with Crippen LogP contribution in [0.2, 0.25) is 0 Å². The SMILES string of the molecule is CC/C=C\C/C=C\C/C=C\C/C=C\C/C=C\CCCCCC(=O)OC[C@H](COP(=O)(O)OC[C@@H](O)COP(=O)(O)OC[C@@H](COC(=O)CCCCCCC/C=C\C/C=C\CCCCC)OC(=O)CC/C=C\C/C=C\C/C=C\C/C=C\C/C=C\CCCCC)OC(=O)CCCCCCC/C=C\CCCCCCCC. The number of phosphoric acid groups is 2. The summed E-state index contributed by atoms with van der Waals surface area (Å²) in [6.45, 7) is 4.56. The lowest BCUT2D eigenvalue weighted by Crippen LogP contribution is -2.30. The van der Waals surface area contributed by atoms with Crippen LogP contribution in [0, 0.1) is 0 Å². The van der Waals surface area contributed by atoms with E-state index in [2.05, 4.69) is 167 Å². The smallest absolute Gasteiger partial charge is 0.462 e. The molecule has 0 saturated carbocycles. The van der Waals surface area contributed by atoms with Crippen molar-refractivity contribution < 1.29 is 80.2 Å². The standard InChI is InChI=1S/C89H148O17P2/c1-5-9-13-17-21-25-29-33-37-39-41-43-47-50-54-58-62-66-70-74-87(92)100-80-84(105-88(93)75-71-67-63-59-55-51-46-36-32-28-24-20-16-12-8-4)81-103-107(95,96)101-77-83(90)78-102-108(97,98)104-82-85(79-99-86(91)73-69-65-61-57-53-49-45-35-31-27-23-19-15-11-7-3)106-89(94)76-72-68-64-60-56-52-48-44-42-40-38-34-30-26-22-18-14-10-6-2/h9,13,21-23,25-27,33-38,41-46,50,52,54,56,64,68,83-85,90H,5-8,10-12,14-20,24,28-32,39-40,47-49,51,53,55,57-63,65-67,69-82H2,1-4H3,(H,95,96)(H,97,98)/b13-9-,25-21-,26-22-,27-23-,37-33-,38-34-,43-41-,44-42-,45-35-,46-36-,54-50-,56-52-,68-64-/t83-,84-,85-/m1/s1. The number of esters is 4. The molecule has 5 atom stereocenters. The number of allylic oxidation sites excluding steroid dienone is 26. The Kier molecular flexibility index (Phi) is 75.8. The van der Waals surface area contributed by atoms with E-state index in [1.54, 1.807) is 0 Å². The Hall–Kier alpha value is -5.32. The van der Waals surface area contributed by atoms with Crippen molar-refractivity contribution in [2.24, 2.45) is 0 Å². The zero-order chi connectivity index (χ0) is 78.9. The molecule has 0 radical (unpaired) electrons. The van der Waals surface area contributed by atoms with E-state index in [1.165, 1.54) is 77.0 Å². The third-order valence-electron chi connectivity index (χ3n) is 17.0. The zero-order valence-electron chi connectivity index (χ0n) is 67.5. The minimum absolute atomic E-state index is 0.0366. The van der Waals surface area contributed by atoms with Gasteiger partial charge < -0.3 is 33.8 Å². The quantitative estimate of drug-likeness (QED) is 0.0169. The van der Waals surface area contributed by atoms with Crippen LogP contribution in [0.25, 0.3) is 0 Å². The van der Waals surface area contributed by atoms with Gasteiger partial charge in [-0.25, -0.2) is 9.13 Å². The van der Waals surface area contributed by atoms with Gasteiger partial charge in [0.25, 0.3) is 0 Å². The van der Waals surface area contributed by atoms with Gasteiger partial charge in [0.15, 0.2) is 12.2 Å². The van der Waals surface area contributed by atoms with Crippen molar-refractivity contribution in [1.29, 1.82) is 0 Å². The molecule has 0 bridgehead atoms. The van der Waals surface area contributed by atoms with Gasteiger partial charge in [-0.05, 0) is 167 Å². The highest BCUT2D eigenvalue weighted by atomic mass is 31.2. The summed E-state index contributed by atoms with van der Waals surface area (Å²) in [5, 5.41) is 10.7. The van der Waals surface area contributed by atoms with Gasteiger partial charge in [-0.1, -0.05) is 288 Å². The number of ether oxygens (including phenoxy) is 4. The first-order valence-corrected chi connectivity index (χ1v) is 44.7. The number of phosphoric ester groups is 2. The molecule has 616 valence electrons. The maximum atomic E-state index is 13.1. The van der Waals surface area contributed by atoms with Gasteiger partial charge in [0, 0.05) is 25.7 Å². The van der Waals surface area contributed by atoms with Gasteiger partial charge >= 0.3 is 39.5 Å². The fourth-order valence-corrected chi connectivity index (χ4v) is 12.2. The lowest BCUT2D eigenvalue weighted by atomic mass is 10.1. The summed E-state index contributed by atoms with van der Waals surface area (Å²) >= 11 is 0. The molecule has 108 heavy (non-hydrogen) atoms. The van der Waals surface area contributed by atoms with E-state index < -0.39 is 97.5 Å². The number of rotatable bonds is 77. The third kappa shape index (κ3) is 78.8. The Morgan fingerprint density at radius 2 is 0.500 bits per heavy atom. The topological polar surface area (TPSA) is 237 Å². The van der Waals surface area contributed by atoms with Gasteiger partial charge in [-0.2, -0.15) is 0 Å². The van der Waals surface area contributed by atoms with Crippen molar-refractivity contribution in [3.63, 3.8) is 0 Å². The molecule has 0 rings (SSSR count). The van der Waals surface area contributed by atoms with Gasteiger partial charge in [-0.15, -0.1) is 0 Å². The minimum Gasteiger partial charge on any atom is -0.462 e. The number of hydrogen-bond donors (Lipinski definition) is 3. The van der Waals surface area contributed by atoms with E-state index in [-0.39, 0.29) is 25.7 Å². The molecule has 0 amide bonds. The summed E-state index contributed by atoms with van der Waals surface area (Å²) in [5.41, 5.74) is 0. The molecule has 0 aliphatic rings. The summed E-state index contributed by atoms with van der Waals surface area (Å²) in [5.74, 6) is -2.34. The van der Waals surface area contributed by atoms with Crippen LogP contribution in [-0.2, 0) is 65.4 Å². The van der Waals surface area contributed by atoms with Gasteiger partial charge in [-0.3, -0.25) is 37.3 Å². The highest BCUT2D eigenvalue weighted by Crippen LogP contribution is 2.45. The number of hydrogen-bond acceptors (Lipinski definition) is 15. The maximum absolute atomic E-state index is 13.1. The van der Waals surface area contributed by atoms with Crippen molar-refractivity contribution in [3.8, 4) is 0 Å². The Balaban J connectivity index is 5.49. The van der Waals surface area contributed by atoms with E-state index in [0.29, 0.717) is 32.1 Å². The molecule has 0 fully saturated rings. The van der Waals surface area contributed by atoms with Crippen LogP contribution >= 0.6 is 15.6 Å². The fourth-order valence-electron chi connectivity index (χ4n) is 10.6. The number of aliphatic hydroxyl groups is 1. The summed E-state index contributed by atoms with van der Waals surface area (Å²) < 4.78 is 68.6. The van der Waals surface area contributed by atoms with Gasteiger partial charge in [0.05, 0.1) is 26.4 Å². The van der Waals surface area contributed by atoms with Gasteiger partial charge in [0.2, 0.25) is 0 Å². The first kappa shape index (κ1) is 103. The fraction of sp³-hybridized carbons (Fsp3) is 0.663. The molecule has 0 aromatic carbocycles. The van der Waals surface area contributed by atoms with Crippen molar-refractivity contribution in [1.82, 2.24) is 0 Å². The zero-order valence-corrected chi connectivity index (χ0v) is 69.3. The summed E-state index contributed by atoms with van der Waals surface area (Å²) in [4.78, 5) is 73.1. The molecule has 0 aliphatic carbocycles. The molecular weight excluding hydrogens is 1400 g/mol. The third-order valence-corrected chi connectivity index (χ3v) is 18.9. The first-order valence-electron chi connectivity index (χ1n) is 41.7. The van der Waals surface area contributed by atoms with E-state index in [4.69, 9.17) is 37.0 Å². The molecule has 0 aromatic rings. The summed E-state index contributed by atoms with van der Waals surface area (Å²) in [7, 11) is -10.0. The summed E-state index contributed by atoms with van der Waals surface area (Å²) in [6.07, 6.45) is 93.7. The highest BCUT2D eigenvalue weighted by Gasteiger charge is 2.30. The normalized spacial score (nSPS) is 14.6. The Morgan fingerprint density at radius 1 is 0.269 bits per heavy atom. The van der Waals surface area contributed by atoms with Crippen molar-refractivity contribution in [2.45, 2.75) is 341 Å². The van der Waals surface area contributed by atoms with Crippen molar-refractivity contribution >= 4 is 39.5 Å². The average Bonchev–Trinajstić information content (AvgIpc) is 0.914. The van der Waals surface area contributed by atoms with Gasteiger partial charge in [0.1, 0.15) is 19.3 Å². The van der Waals surface area contributed by atoms with Crippen LogP contribution in [-0.4, -0.2) is 96.7 Å². The molecule has 0 saturated heterocycles. The van der Waals surface area contributed by atoms with Crippen LogP contribution in [0.4, 0.5) is 0 Å². The highest BCUT2D eigenvalue weighted by molar-refractivity contribution is 7.47. The second-order valence-corrected chi connectivity index (χ2v) is 30.2. The molecular formula is C89H148O17P2. The van der Waals surface area contributed by atoms with Crippen LogP contribution < -0.4 is 0 Å². The number of carbonyl (C=O) groups excluding carboxylic acids is 4. The van der Waals surface area contributed by atoms with Crippen LogP contribution in [0.1, 0.15) is 323 Å². The molecule has 0 spiro atoms. The second kappa shape index (κ2) is 79.8. The Bertz CT molecular complexity index is 2660. The van der Waals surface area contributed by atoms with Crippen molar-refractivity contribution in [3.05, 3.63) is 158 Å².